The zero-order valence-electron chi connectivity index (χ0n) is 12.4. The number of fused-ring (bicyclic) bond motifs is 1. The Bertz CT molecular complexity index is 245. The molecule has 0 aliphatic carbocycles. The van der Waals surface area contributed by atoms with Crippen molar-refractivity contribution in [2.45, 2.75) is 52.1 Å². The van der Waals surface area contributed by atoms with E-state index in [1.807, 2.05) is 0 Å². The van der Waals surface area contributed by atoms with E-state index in [0.29, 0.717) is 12.0 Å². The van der Waals surface area contributed by atoms with E-state index in [1.165, 1.54) is 38.9 Å². The second-order valence-electron chi connectivity index (χ2n) is 6.46. The average Bonchev–Trinajstić information content (AvgIpc) is 2.34. The first kappa shape index (κ1) is 14.3. The fourth-order valence-corrected chi connectivity index (χ4v) is 3.23. The molecular formula is C15H30N2O. The van der Waals surface area contributed by atoms with Gasteiger partial charge in [0.2, 0.25) is 0 Å². The number of hydrogen-bond acceptors (Lipinski definition) is 3. The molecule has 2 unspecified atom stereocenters. The van der Waals surface area contributed by atoms with Crippen molar-refractivity contribution in [3.05, 3.63) is 0 Å². The maximum atomic E-state index is 5.73. The predicted molar refractivity (Wildman–Crippen MR) is 75.9 cm³/mol. The topological polar surface area (TPSA) is 15.7 Å². The number of piperazine rings is 1. The summed E-state index contributed by atoms with van der Waals surface area (Å²) in [6.07, 6.45) is 4.23. The van der Waals surface area contributed by atoms with Gasteiger partial charge in [-0.2, -0.15) is 0 Å². The molecule has 2 atom stereocenters. The van der Waals surface area contributed by atoms with Gasteiger partial charge in [-0.25, -0.2) is 0 Å². The van der Waals surface area contributed by atoms with Gasteiger partial charge in [-0.3, -0.25) is 9.80 Å². The molecule has 0 radical (unpaired) electrons. The molecule has 0 spiro atoms. The van der Waals surface area contributed by atoms with Crippen LogP contribution in [0.4, 0.5) is 0 Å². The maximum Gasteiger partial charge on any atom is 0.0593 e. The number of piperidine rings is 1. The van der Waals surface area contributed by atoms with Crippen molar-refractivity contribution in [1.82, 2.24) is 9.80 Å². The molecule has 2 heterocycles. The van der Waals surface area contributed by atoms with Gasteiger partial charge in [-0.05, 0) is 32.2 Å². The molecule has 2 fully saturated rings. The average molecular weight is 254 g/mol. The Balaban J connectivity index is 1.71. The third kappa shape index (κ3) is 3.94. The Labute approximate surface area is 112 Å². The molecule has 18 heavy (non-hydrogen) atoms. The van der Waals surface area contributed by atoms with Crippen LogP contribution in [0.15, 0.2) is 0 Å². The molecular weight excluding hydrogens is 224 g/mol. The van der Waals surface area contributed by atoms with Crippen LogP contribution in [0.2, 0.25) is 0 Å². The first-order valence-corrected chi connectivity index (χ1v) is 7.72. The van der Waals surface area contributed by atoms with Gasteiger partial charge in [-0.15, -0.1) is 0 Å². The quantitative estimate of drug-likeness (QED) is 0.700. The van der Waals surface area contributed by atoms with Crippen LogP contribution in [0.25, 0.3) is 0 Å². The van der Waals surface area contributed by atoms with E-state index < -0.39 is 0 Å². The highest BCUT2D eigenvalue weighted by atomic mass is 16.5. The van der Waals surface area contributed by atoms with Crippen LogP contribution >= 0.6 is 0 Å². The Morgan fingerprint density at radius 2 is 2.06 bits per heavy atom. The first-order chi connectivity index (χ1) is 8.66. The van der Waals surface area contributed by atoms with Crippen molar-refractivity contribution in [1.29, 1.82) is 0 Å². The third-order valence-electron chi connectivity index (χ3n) is 4.29. The van der Waals surface area contributed by atoms with Gasteiger partial charge in [0.25, 0.3) is 0 Å². The molecule has 2 rings (SSSR count). The summed E-state index contributed by atoms with van der Waals surface area (Å²) >= 11 is 0. The summed E-state index contributed by atoms with van der Waals surface area (Å²) in [5.74, 6) is 0.651. The highest BCUT2D eigenvalue weighted by molar-refractivity contribution is 4.88. The monoisotopic (exact) mass is 254 g/mol. The molecule has 0 bridgehead atoms. The smallest absolute Gasteiger partial charge is 0.0593 e. The summed E-state index contributed by atoms with van der Waals surface area (Å²) in [6.45, 7) is 13.5. The maximum absolute atomic E-state index is 5.73. The Morgan fingerprint density at radius 3 is 2.83 bits per heavy atom. The van der Waals surface area contributed by atoms with E-state index >= 15 is 0 Å². The molecule has 2 aliphatic heterocycles. The molecule has 0 saturated carbocycles. The van der Waals surface area contributed by atoms with Crippen LogP contribution < -0.4 is 0 Å². The lowest BCUT2D eigenvalue weighted by atomic mass is 9.97. The normalized spacial score (nSPS) is 30.7. The largest absolute Gasteiger partial charge is 0.380 e. The van der Waals surface area contributed by atoms with Gasteiger partial charge in [-0.1, -0.05) is 20.3 Å². The van der Waals surface area contributed by atoms with Crippen LogP contribution in [0.5, 0.6) is 0 Å². The summed E-state index contributed by atoms with van der Waals surface area (Å²) in [5, 5.41) is 0. The number of rotatable bonds is 5. The van der Waals surface area contributed by atoms with E-state index in [1.54, 1.807) is 0 Å². The Kier molecular flexibility index (Phi) is 5.46. The van der Waals surface area contributed by atoms with Gasteiger partial charge < -0.3 is 4.74 Å². The minimum absolute atomic E-state index is 0.651. The number of ether oxygens (including phenoxy) is 1. The van der Waals surface area contributed by atoms with Crippen molar-refractivity contribution < 1.29 is 4.74 Å². The summed E-state index contributed by atoms with van der Waals surface area (Å²) in [5.41, 5.74) is 0. The fraction of sp³-hybridized carbons (Fsp3) is 1.00. The van der Waals surface area contributed by atoms with Gasteiger partial charge in [0.05, 0.1) is 6.61 Å². The van der Waals surface area contributed by atoms with Crippen molar-refractivity contribution >= 4 is 0 Å². The lowest BCUT2D eigenvalue weighted by Gasteiger charge is -2.47. The minimum Gasteiger partial charge on any atom is -0.380 e. The Morgan fingerprint density at radius 1 is 1.22 bits per heavy atom. The summed E-state index contributed by atoms with van der Waals surface area (Å²) in [6, 6.07) is 1.52. The zero-order chi connectivity index (χ0) is 13.0. The van der Waals surface area contributed by atoms with Crippen LogP contribution in [0.3, 0.4) is 0 Å². The Hall–Kier alpha value is -0.120. The van der Waals surface area contributed by atoms with E-state index in [4.69, 9.17) is 4.74 Å². The fourth-order valence-electron chi connectivity index (χ4n) is 3.23. The summed E-state index contributed by atoms with van der Waals surface area (Å²) in [7, 11) is 0. The molecule has 0 amide bonds. The van der Waals surface area contributed by atoms with E-state index in [9.17, 15) is 0 Å². The second-order valence-corrected chi connectivity index (χ2v) is 6.46. The van der Waals surface area contributed by atoms with Crippen LogP contribution in [0, 0.1) is 5.92 Å². The zero-order valence-corrected chi connectivity index (χ0v) is 12.4. The van der Waals surface area contributed by atoms with Crippen LogP contribution in [0.1, 0.15) is 40.0 Å². The number of nitrogens with zero attached hydrogens (tertiary/aromatic N) is 2. The summed E-state index contributed by atoms with van der Waals surface area (Å²) in [4.78, 5) is 5.34. The van der Waals surface area contributed by atoms with Crippen molar-refractivity contribution in [3.8, 4) is 0 Å². The second kappa shape index (κ2) is 6.88. The molecule has 2 aliphatic rings. The summed E-state index contributed by atoms with van der Waals surface area (Å²) < 4.78 is 5.73. The van der Waals surface area contributed by atoms with E-state index in [2.05, 4.69) is 30.6 Å². The SMILES string of the molecule is CC(C)COCCN1CC2CCCCN2CC1C. The molecule has 0 aromatic carbocycles. The van der Waals surface area contributed by atoms with Crippen molar-refractivity contribution in [2.24, 2.45) is 5.92 Å². The molecule has 0 aromatic rings. The third-order valence-corrected chi connectivity index (χ3v) is 4.29. The molecule has 106 valence electrons. The molecule has 3 nitrogen and oxygen atoms in total. The number of hydrogen-bond donors (Lipinski definition) is 0. The van der Waals surface area contributed by atoms with Crippen molar-refractivity contribution in [3.63, 3.8) is 0 Å². The standard InChI is InChI=1S/C15H30N2O/c1-13(2)12-18-9-8-16-11-15-6-4-5-7-17(15)10-14(16)3/h13-15H,4-12H2,1-3H3. The lowest BCUT2D eigenvalue weighted by Crippen LogP contribution is -2.59. The molecule has 0 N–H and O–H groups in total. The van der Waals surface area contributed by atoms with Crippen LogP contribution in [-0.4, -0.2) is 61.3 Å². The highest BCUT2D eigenvalue weighted by Crippen LogP contribution is 2.23. The van der Waals surface area contributed by atoms with Gasteiger partial charge in [0.15, 0.2) is 0 Å². The lowest BCUT2D eigenvalue weighted by molar-refractivity contribution is -0.00305. The van der Waals surface area contributed by atoms with Crippen LogP contribution in [-0.2, 0) is 4.74 Å². The van der Waals surface area contributed by atoms with Crippen molar-refractivity contribution in [2.75, 3.05) is 39.4 Å². The first-order valence-electron chi connectivity index (χ1n) is 7.72. The van der Waals surface area contributed by atoms with Gasteiger partial charge in [0.1, 0.15) is 0 Å². The van der Waals surface area contributed by atoms with E-state index in [0.717, 1.165) is 25.8 Å². The molecule has 0 aromatic heterocycles. The minimum atomic E-state index is 0.651. The highest BCUT2D eigenvalue weighted by Gasteiger charge is 2.32. The van der Waals surface area contributed by atoms with Gasteiger partial charge >= 0.3 is 0 Å². The van der Waals surface area contributed by atoms with E-state index in [-0.39, 0.29) is 0 Å². The molecule has 3 heteroatoms. The van der Waals surface area contributed by atoms with Gasteiger partial charge in [0, 0.05) is 38.3 Å². The predicted octanol–water partition coefficient (Wildman–Crippen LogP) is 2.22. The molecule has 2 saturated heterocycles.